The summed E-state index contributed by atoms with van der Waals surface area (Å²) in [4.78, 5) is 28.4. The van der Waals surface area contributed by atoms with Gasteiger partial charge in [-0.25, -0.2) is 12.8 Å². The van der Waals surface area contributed by atoms with Crippen LogP contribution in [0.3, 0.4) is 0 Å². The molecule has 0 spiro atoms. The van der Waals surface area contributed by atoms with Crippen LogP contribution in [0.15, 0.2) is 36.4 Å². The lowest BCUT2D eigenvalue weighted by Crippen LogP contribution is -2.65. The average Bonchev–Trinajstić information content (AvgIpc) is 2.78. The van der Waals surface area contributed by atoms with Gasteiger partial charge in [0, 0.05) is 32.1 Å². The third kappa shape index (κ3) is 6.25. The predicted octanol–water partition coefficient (Wildman–Crippen LogP) is 3.98. The monoisotopic (exact) mass is 537 g/mol. The molecule has 0 radical (unpaired) electrons. The van der Waals surface area contributed by atoms with E-state index in [9.17, 15) is 22.4 Å². The van der Waals surface area contributed by atoms with Gasteiger partial charge in [0.1, 0.15) is 15.7 Å². The van der Waals surface area contributed by atoms with Crippen LogP contribution in [0.5, 0.6) is 0 Å². The van der Waals surface area contributed by atoms with E-state index < -0.39 is 27.0 Å². The molecule has 0 saturated carbocycles. The quantitative estimate of drug-likeness (QED) is 0.447. The molecule has 7 nitrogen and oxygen atoms in total. The lowest BCUT2D eigenvalue weighted by Gasteiger charge is -2.50. The van der Waals surface area contributed by atoms with Crippen molar-refractivity contribution in [3.8, 4) is 0 Å². The molecule has 0 bridgehead atoms. The number of rotatable bonds is 10. The molecular weight excluding hydrogens is 505 g/mol. The fourth-order valence-corrected chi connectivity index (χ4v) is 5.55. The highest BCUT2D eigenvalue weighted by Gasteiger charge is 2.51. The maximum Gasteiger partial charge on any atom is 0.253 e. The van der Waals surface area contributed by atoms with Gasteiger partial charge in [-0.05, 0) is 48.6 Å². The summed E-state index contributed by atoms with van der Waals surface area (Å²) in [7, 11) is -1.57. The summed E-state index contributed by atoms with van der Waals surface area (Å²) in [5, 5.41) is 5.08. The van der Waals surface area contributed by atoms with Crippen molar-refractivity contribution in [2.75, 3.05) is 44.0 Å². The van der Waals surface area contributed by atoms with Gasteiger partial charge in [-0.2, -0.15) is 0 Å². The van der Waals surface area contributed by atoms with Gasteiger partial charge in [0.2, 0.25) is 5.91 Å². The van der Waals surface area contributed by atoms with Crippen molar-refractivity contribution in [3.63, 3.8) is 0 Å². The number of likely N-dealkylation sites (tertiary alicyclic amines) is 1. The van der Waals surface area contributed by atoms with Gasteiger partial charge >= 0.3 is 0 Å². The molecule has 3 rings (SSSR count). The van der Waals surface area contributed by atoms with E-state index >= 15 is 0 Å². The van der Waals surface area contributed by atoms with Crippen molar-refractivity contribution >= 4 is 38.9 Å². The molecule has 1 heterocycles. The van der Waals surface area contributed by atoms with Crippen LogP contribution in [0.2, 0.25) is 5.02 Å². The van der Waals surface area contributed by atoms with E-state index in [2.05, 4.69) is 29.4 Å². The third-order valence-corrected chi connectivity index (χ3v) is 7.86. The fourth-order valence-electron chi connectivity index (χ4n) is 4.66. The maximum atomic E-state index is 14.3. The molecule has 1 aliphatic rings. The molecule has 10 heteroatoms. The first kappa shape index (κ1) is 28.1. The Hall–Kier alpha value is -2.49. The van der Waals surface area contributed by atoms with E-state index in [4.69, 9.17) is 11.6 Å². The van der Waals surface area contributed by atoms with Crippen molar-refractivity contribution in [1.29, 1.82) is 0 Å². The highest BCUT2D eigenvalue weighted by Crippen LogP contribution is 2.40. The first-order chi connectivity index (χ1) is 16.9. The molecule has 2 amide bonds. The van der Waals surface area contributed by atoms with Crippen LogP contribution >= 0.6 is 11.6 Å². The van der Waals surface area contributed by atoms with Crippen LogP contribution in [0.1, 0.15) is 54.1 Å². The zero-order valence-corrected chi connectivity index (χ0v) is 22.6. The number of amides is 2. The molecule has 1 saturated heterocycles. The average molecular weight is 538 g/mol. The van der Waals surface area contributed by atoms with Crippen LogP contribution in [0.4, 0.5) is 10.1 Å². The first-order valence-electron chi connectivity index (χ1n) is 11.9. The topological polar surface area (TPSA) is 95.6 Å². The number of carbonyl (C=O) groups is 2. The zero-order valence-electron chi connectivity index (χ0n) is 21.0. The summed E-state index contributed by atoms with van der Waals surface area (Å²) >= 11 is 5.90. The lowest BCUT2D eigenvalue weighted by atomic mass is 9.69. The Bertz CT molecular complexity index is 1240. The molecule has 1 fully saturated rings. The first-order valence-corrected chi connectivity index (χ1v) is 14.3. The predicted molar refractivity (Wildman–Crippen MR) is 141 cm³/mol. The number of carbonyl (C=O) groups excluding carboxylic acids is 2. The molecule has 2 N–H and O–H groups in total. The number of nitrogens with one attached hydrogen (secondary N) is 2. The van der Waals surface area contributed by atoms with Crippen LogP contribution in [0, 0.1) is 5.82 Å². The van der Waals surface area contributed by atoms with Crippen LogP contribution < -0.4 is 10.6 Å². The van der Waals surface area contributed by atoms with Gasteiger partial charge < -0.3 is 15.5 Å². The smallest absolute Gasteiger partial charge is 0.253 e. The number of halogens is 2. The Labute approximate surface area is 217 Å². The van der Waals surface area contributed by atoms with E-state index in [0.29, 0.717) is 32.5 Å². The molecule has 0 aliphatic carbocycles. The van der Waals surface area contributed by atoms with Crippen LogP contribution in [-0.2, 0) is 20.0 Å². The molecule has 0 aromatic heterocycles. The fraction of sp³-hybridized carbons (Fsp3) is 0.462. The van der Waals surface area contributed by atoms with Gasteiger partial charge in [0.15, 0.2) is 0 Å². The molecule has 0 unspecified atom stereocenters. The Kier molecular flexibility index (Phi) is 8.80. The summed E-state index contributed by atoms with van der Waals surface area (Å²) in [5.41, 5.74) is 1.14. The SMILES string of the molecule is CNC(=O)c1cc(Cl)c(F)cc1NC(=O)C1(c2ccccc2C(C)C)CN(CCCCS(C)(=O)=O)C1. The summed E-state index contributed by atoms with van der Waals surface area (Å²) < 4.78 is 37.2. The highest BCUT2D eigenvalue weighted by molar-refractivity contribution is 7.90. The second-order valence-electron chi connectivity index (χ2n) is 9.72. The largest absolute Gasteiger partial charge is 0.355 e. The maximum absolute atomic E-state index is 14.3. The Morgan fingerprint density at radius 1 is 1.17 bits per heavy atom. The normalized spacial score (nSPS) is 15.4. The molecule has 2 aromatic carbocycles. The zero-order chi connectivity index (χ0) is 26.7. The summed E-state index contributed by atoms with van der Waals surface area (Å²) in [6.07, 6.45) is 2.47. The van der Waals surface area contributed by atoms with Gasteiger partial charge in [0.05, 0.1) is 21.7 Å². The van der Waals surface area contributed by atoms with Gasteiger partial charge in [-0.1, -0.05) is 49.7 Å². The Morgan fingerprint density at radius 2 is 1.83 bits per heavy atom. The van der Waals surface area contributed by atoms with E-state index in [0.717, 1.165) is 17.2 Å². The molecule has 36 heavy (non-hydrogen) atoms. The van der Waals surface area contributed by atoms with Crippen molar-refractivity contribution in [3.05, 3.63) is 63.9 Å². The standard InChI is InChI=1S/C26H33ClFN3O4S/c1-17(2)18-9-5-6-10-20(18)26(15-31(16-26)11-7-8-12-36(4,34)35)25(33)30-23-14-22(28)21(27)13-19(23)24(32)29-3/h5-6,9-10,13-14,17H,7-8,11-12,15-16H2,1-4H3,(H,29,32)(H,30,33). The lowest BCUT2D eigenvalue weighted by molar-refractivity contribution is -0.128. The van der Waals surface area contributed by atoms with Gasteiger partial charge in [0.25, 0.3) is 5.91 Å². The minimum Gasteiger partial charge on any atom is -0.355 e. The number of hydrogen-bond donors (Lipinski definition) is 2. The van der Waals surface area contributed by atoms with Crippen molar-refractivity contribution in [2.45, 2.75) is 38.0 Å². The van der Waals surface area contributed by atoms with Gasteiger partial charge in [-0.3, -0.25) is 9.59 Å². The van der Waals surface area contributed by atoms with E-state index in [1.54, 1.807) is 0 Å². The number of unbranched alkanes of at least 4 members (excludes halogenated alkanes) is 1. The number of nitrogens with zero attached hydrogens (tertiary/aromatic N) is 1. The minimum absolute atomic E-state index is 0.0502. The second kappa shape index (κ2) is 11.3. The molecule has 196 valence electrons. The number of sulfone groups is 1. The van der Waals surface area contributed by atoms with Crippen molar-refractivity contribution in [2.24, 2.45) is 0 Å². The van der Waals surface area contributed by atoms with Crippen LogP contribution in [0.25, 0.3) is 0 Å². The summed E-state index contributed by atoms with van der Waals surface area (Å²) in [6, 6.07) is 10.0. The summed E-state index contributed by atoms with van der Waals surface area (Å²) in [5.74, 6) is -1.27. The number of hydrogen-bond acceptors (Lipinski definition) is 5. The Balaban J connectivity index is 1.91. The second-order valence-corrected chi connectivity index (χ2v) is 12.4. The highest BCUT2D eigenvalue weighted by atomic mass is 35.5. The summed E-state index contributed by atoms with van der Waals surface area (Å²) in [6.45, 7) is 5.63. The van der Waals surface area contributed by atoms with Crippen molar-refractivity contribution in [1.82, 2.24) is 10.2 Å². The minimum atomic E-state index is -3.02. The van der Waals surface area contributed by atoms with Crippen molar-refractivity contribution < 1.29 is 22.4 Å². The molecule has 1 aliphatic heterocycles. The van der Waals surface area contributed by atoms with E-state index in [1.165, 1.54) is 19.4 Å². The Morgan fingerprint density at radius 3 is 2.44 bits per heavy atom. The van der Waals surface area contributed by atoms with E-state index in [1.807, 2.05) is 24.3 Å². The molecule has 0 atom stereocenters. The number of benzene rings is 2. The van der Waals surface area contributed by atoms with E-state index in [-0.39, 0.29) is 33.9 Å². The molecular formula is C26H33ClFN3O4S. The third-order valence-electron chi connectivity index (χ3n) is 6.54. The van der Waals surface area contributed by atoms with Crippen LogP contribution in [-0.4, -0.2) is 63.8 Å². The number of anilines is 1. The molecule has 2 aromatic rings. The van der Waals surface area contributed by atoms with Gasteiger partial charge in [-0.15, -0.1) is 0 Å².